The summed E-state index contributed by atoms with van der Waals surface area (Å²) in [6.07, 6.45) is 2.43. The van der Waals surface area contributed by atoms with Gasteiger partial charge in [-0.3, -0.25) is 9.10 Å². The van der Waals surface area contributed by atoms with Crippen molar-refractivity contribution < 1.29 is 17.6 Å². The summed E-state index contributed by atoms with van der Waals surface area (Å²) in [7, 11) is -3.53. The zero-order valence-electron chi connectivity index (χ0n) is 17.4. The van der Waals surface area contributed by atoms with Gasteiger partial charge >= 0.3 is 0 Å². The van der Waals surface area contributed by atoms with E-state index in [2.05, 4.69) is 11.4 Å². The van der Waals surface area contributed by atoms with Crippen LogP contribution in [0.1, 0.15) is 48.9 Å². The first-order valence-electron chi connectivity index (χ1n) is 9.71. The molecule has 0 aliphatic rings. The van der Waals surface area contributed by atoms with Crippen LogP contribution in [0.25, 0.3) is 0 Å². The third-order valence-corrected chi connectivity index (χ3v) is 6.15. The van der Waals surface area contributed by atoms with Gasteiger partial charge in [-0.25, -0.2) is 12.8 Å². The second kappa shape index (κ2) is 9.87. The van der Waals surface area contributed by atoms with E-state index in [0.717, 1.165) is 18.2 Å². The van der Waals surface area contributed by atoms with Crippen LogP contribution in [-0.2, 0) is 14.8 Å². The fourth-order valence-electron chi connectivity index (χ4n) is 3.15. The summed E-state index contributed by atoms with van der Waals surface area (Å²) >= 11 is 0. The van der Waals surface area contributed by atoms with Crippen LogP contribution in [0.3, 0.4) is 0 Å². The van der Waals surface area contributed by atoms with E-state index < -0.39 is 15.8 Å². The molecule has 1 atom stereocenters. The monoisotopic (exact) mass is 420 g/mol. The van der Waals surface area contributed by atoms with Gasteiger partial charge in [-0.05, 0) is 67.6 Å². The van der Waals surface area contributed by atoms with Gasteiger partial charge in [0.2, 0.25) is 15.9 Å². The van der Waals surface area contributed by atoms with E-state index in [1.165, 1.54) is 39.7 Å². The average Bonchev–Trinajstić information content (AvgIpc) is 2.65. The van der Waals surface area contributed by atoms with E-state index in [9.17, 15) is 17.6 Å². The van der Waals surface area contributed by atoms with Crippen LogP contribution < -0.4 is 9.62 Å². The lowest BCUT2D eigenvalue weighted by molar-refractivity contribution is -0.121. The largest absolute Gasteiger partial charge is 0.349 e. The highest BCUT2D eigenvalue weighted by molar-refractivity contribution is 7.92. The van der Waals surface area contributed by atoms with Crippen molar-refractivity contribution in [2.45, 2.75) is 46.1 Å². The molecule has 0 saturated heterocycles. The van der Waals surface area contributed by atoms with Gasteiger partial charge in [0.05, 0.1) is 18.0 Å². The zero-order valence-corrected chi connectivity index (χ0v) is 18.2. The van der Waals surface area contributed by atoms with Crippen molar-refractivity contribution in [1.29, 1.82) is 0 Å². The van der Waals surface area contributed by atoms with Gasteiger partial charge in [0.1, 0.15) is 5.82 Å². The maximum Gasteiger partial charge on any atom is 0.232 e. The zero-order chi connectivity index (χ0) is 21.6. The molecule has 0 aliphatic carbocycles. The number of nitrogens with zero attached hydrogens (tertiary/aromatic N) is 1. The Morgan fingerprint density at radius 3 is 2.31 bits per heavy atom. The second-order valence-electron chi connectivity index (χ2n) is 7.29. The van der Waals surface area contributed by atoms with Gasteiger partial charge in [-0.1, -0.05) is 25.1 Å². The summed E-state index contributed by atoms with van der Waals surface area (Å²) in [6, 6.07) is 11.4. The lowest BCUT2D eigenvalue weighted by Gasteiger charge is -2.23. The number of nitrogens with one attached hydrogen (secondary N) is 1. The molecule has 0 aliphatic heterocycles. The van der Waals surface area contributed by atoms with E-state index in [1.807, 2.05) is 32.9 Å². The molecule has 1 N–H and O–H groups in total. The number of carbonyl (C=O) groups is 1. The quantitative estimate of drug-likeness (QED) is 0.659. The Morgan fingerprint density at radius 1 is 1.10 bits per heavy atom. The van der Waals surface area contributed by atoms with Gasteiger partial charge < -0.3 is 5.32 Å². The standard InChI is InChI=1S/C22H29FN2O3S/c1-5-21(18-9-8-16(2)17(3)15-18)24-22(26)7-6-14-25(29(4,27)28)20-12-10-19(23)11-13-20/h8-13,15,21H,5-7,14H2,1-4H3,(H,24,26). The Hall–Kier alpha value is -2.41. The molecule has 0 saturated carbocycles. The molecular formula is C22H29FN2O3S. The first kappa shape index (κ1) is 22.9. The molecule has 158 valence electrons. The molecule has 0 fully saturated rings. The highest BCUT2D eigenvalue weighted by atomic mass is 32.2. The molecule has 1 unspecified atom stereocenters. The Kier molecular flexibility index (Phi) is 7.79. The third-order valence-electron chi connectivity index (χ3n) is 4.96. The molecular weight excluding hydrogens is 391 g/mol. The van der Waals surface area contributed by atoms with Gasteiger partial charge in [-0.2, -0.15) is 0 Å². The summed E-state index contributed by atoms with van der Waals surface area (Å²) in [5.41, 5.74) is 3.83. The molecule has 2 aromatic carbocycles. The number of amides is 1. The summed E-state index contributed by atoms with van der Waals surface area (Å²) in [5.74, 6) is -0.554. The number of aryl methyl sites for hydroxylation is 2. The van der Waals surface area contributed by atoms with E-state index in [1.54, 1.807) is 0 Å². The Balaban J connectivity index is 1.97. The van der Waals surface area contributed by atoms with Crippen LogP contribution in [0.4, 0.5) is 10.1 Å². The molecule has 0 aromatic heterocycles. The van der Waals surface area contributed by atoms with E-state index >= 15 is 0 Å². The minimum absolute atomic E-state index is 0.0788. The van der Waals surface area contributed by atoms with Gasteiger partial charge in [0.15, 0.2) is 0 Å². The molecule has 1 amide bonds. The molecule has 0 radical (unpaired) electrons. The van der Waals surface area contributed by atoms with Crippen molar-refractivity contribution in [3.8, 4) is 0 Å². The minimum atomic E-state index is -3.53. The Labute approximate surface area is 173 Å². The lowest BCUT2D eigenvalue weighted by atomic mass is 9.99. The number of carbonyl (C=O) groups excluding carboxylic acids is 1. The van der Waals surface area contributed by atoms with Crippen molar-refractivity contribution in [2.75, 3.05) is 17.1 Å². The smallest absolute Gasteiger partial charge is 0.232 e. The normalized spacial score (nSPS) is 12.4. The molecule has 0 heterocycles. The Bertz CT molecular complexity index is 943. The SMILES string of the molecule is CCC(NC(=O)CCCN(c1ccc(F)cc1)S(C)(=O)=O)c1ccc(C)c(C)c1. The van der Waals surface area contributed by atoms with Gasteiger partial charge in [-0.15, -0.1) is 0 Å². The molecule has 2 rings (SSSR count). The maximum atomic E-state index is 13.1. The fraction of sp³-hybridized carbons (Fsp3) is 0.409. The van der Waals surface area contributed by atoms with Crippen molar-refractivity contribution in [3.05, 3.63) is 65.0 Å². The van der Waals surface area contributed by atoms with Crippen molar-refractivity contribution in [2.24, 2.45) is 0 Å². The lowest BCUT2D eigenvalue weighted by Crippen LogP contribution is -2.33. The first-order chi connectivity index (χ1) is 13.6. The van der Waals surface area contributed by atoms with Crippen LogP contribution in [0, 0.1) is 19.7 Å². The summed E-state index contributed by atoms with van der Waals surface area (Å²) in [5, 5.41) is 3.03. The molecule has 7 heteroatoms. The van der Waals surface area contributed by atoms with Gasteiger partial charge in [0.25, 0.3) is 0 Å². The predicted molar refractivity (Wildman–Crippen MR) is 115 cm³/mol. The Morgan fingerprint density at radius 2 is 1.76 bits per heavy atom. The molecule has 0 spiro atoms. The van der Waals surface area contributed by atoms with Crippen LogP contribution in [0.2, 0.25) is 0 Å². The van der Waals surface area contributed by atoms with Gasteiger partial charge in [0, 0.05) is 13.0 Å². The summed E-state index contributed by atoms with van der Waals surface area (Å²) < 4.78 is 38.5. The van der Waals surface area contributed by atoms with E-state index in [4.69, 9.17) is 0 Å². The molecule has 29 heavy (non-hydrogen) atoms. The van der Waals surface area contributed by atoms with Crippen LogP contribution in [-0.4, -0.2) is 27.1 Å². The third kappa shape index (κ3) is 6.56. The summed E-state index contributed by atoms with van der Waals surface area (Å²) in [6.45, 7) is 6.26. The van der Waals surface area contributed by atoms with Crippen LogP contribution >= 0.6 is 0 Å². The molecule has 5 nitrogen and oxygen atoms in total. The number of anilines is 1. The number of benzene rings is 2. The second-order valence-corrected chi connectivity index (χ2v) is 9.19. The summed E-state index contributed by atoms with van der Waals surface area (Å²) in [4.78, 5) is 12.4. The number of rotatable bonds is 9. The van der Waals surface area contributed by atoms with Crippen LogP contribution in [0.15, 0.2) is 42.5 Å². The number of hydrogen-bond donors (Lipinski definition) is 1. The average molecular weight is 421 g/mol. The minimum Gasteiger partial charge on any atom is -0.349 e. The van der Waals surface area contributed by atoms with Crippen molar-refractivity contribution in [1.82, 2.24) is 5.32 Å². The number of sulfonamides is 1. The van der Waals surface area contributed by atoms with Crippen molar-refractivity contribution in [3.63, 3.8) is 0 Å². The van der Waals surface area contributed by atoms with Crippen LogP contribution in [0.5, 0.6) is 0 Å². The van der Waals surface area contributed by atoms with E-state index in [-0.39, 0.29) is 24.9 Å². The van der Waals surface area contributed by atoms with E-state index in [0.29, 0.717) is 12.1 Å². The fourth-order valence-corrected chi connectivity index (χ4v) is 4.11. The molecule has 2 aromatic rings. The predicted octanol–water partition coefficient (Wildman–Crippen LogP) is 4.26. The maximum absolute atomic E-state index is 13.1. The number of hydrogen-bond acceptors (Lipinski definition) is 3. The topological polar surface area (TPSA) is 66.5 Å². The highest BCUT2D eigenvalue weighted by Gasteiger charge is 2.18. The van der Waals surface area contributed by atoms with Crippen molar-refractivity contribution >= 4 is 21.6 Å². The molecule has 0 bridgehead atoms. The number of halogens is 1. The highest BCUT2D eigenvalue weighted by Crippen LogP contribution is 2.21. The first-order valence-corrected chi connectivity index (χ1v) is 11.6.